The largest absolute Gasteiger partial charge is 0.375 e. The quantitative estimate of drug-likeness (QED) is 0.832. The molecule has 0 atom stereocenters. The number of hydrogen-bond donors (Lipinski definition) is 1. The molecule has 0 aliphatic heterocycles. The molecule has 0 radical (unpaired) electrons. The zero-order chi connectivity index (χ0) is 11.3. The molecule has 3 nitrogen and oxygen atoms in total. The molecule has 0 unspecified atom stereocenters. The maximum Gasteiger partial charge on any atom is 0.106 e. The lowest BCUT2D eigenvalue weighted by molar-refractivity contribution is 0.336. The maximum atomic E-state index is 4.19. The van der Waals surface area contributed by atoms with Crippen LogP contribution in [0, 0.1) is 0 Å². The molecule has 1 rings (SSSR count). The van der Waals surface area contributed by atoms with Gasteiger partial charge in [0, 0.05) is 26.3 Å². The van der Waals surface area contributed by atoms with Crippen LogP contribution in [-0.4, -0.2) is 23.5 Å². The van der Waals surface area contributed by atoms with Crippen LogP contribution < -0.4 is 5.32 Å². The number of aromatic nitrogens is 1. The van der Waals surface area contributed by atoms with Crippen molar-refractivity contribution < 1.29 is 0 Å². The minimum Gasteiger partial charge on any atom is -0.375 e. The molecule has 82 valence electrons. The highest BCUT2D eigenvalue weighted by molar-refractivity contribution is 9.10. The van der Waals surface area contributed by atoms with Crippen LogP contribution in [0.4, 0.5) is 0 Å². The molecule has 0 amide bonds. The Balaban J connectivity index is 2.66. The predicted octanol–water partition coefficient (Wildman–Crippen LogP) is 2.36. The van der Waals surface area contributed by atoms with E-state index in [1.54, 1.807) is 0 Å². The zero-order valence-electron chi connectivity index (χ0n) is 9.13. The number of nitrogens with zero attached hydrogens (tertiary/aromatic N) is 2. The maximum absolute atomic E-state index is 4.19. The van der Waals surface area contributed by atoms with Crippen molar-refractivity contribution in [2.75, 3.05) is 13.6 Å². The van der Waals surface area contributed by atoms with Gasteiger partial charge in [0.15, 0.2) is 0 Å². The second-order valence-electron chi connectivity index (χ2n) is 3.20. The van der Waals surface area contributed by atoms with Gasteiger partial charge in [-0.1, -0.05) is 12.6 Å². The average Bonchev–Trinajstić information content (AvgIpc) is 2.27. The molecule has 0 aliphatic rings. The summed E-state index contributed by atoms with van der Waals surface area (Å²) in [5.74, 6) is 0.931. The number of nitrogens with one attached hydrogen (secondary N) is 1. The van der Waals surface area contributed by atoms with Crippen molar-refractivity contribution in [2.24, 2.45) is 0 Å². The number of pyridine rings is 1. The molecule has 0 aliphatic carbocycles. The second-order valence-corrected chi connectivity index (χ2v) is 4.01. The minimum absolute atomic E-state index is 0.830. The van der Waals surface area contributed by atoms with Gasteiger partial charge < -0.3 is 10.2 Å². The van der Waals surface area contributed by atoms with E-state index in [-0.39, 0.29) is 0 Å². The minimum atomic E-state index is 0.830. The molecule has 0 bridgehead atoms. The van der Waals surface area contributed by atoms with Crippen LogP contribution in [0.25, 0.3) is 0 Å². The summed E-state index contributed by atoms with van der Waals surface area (Å²) in [4.78, 5) is 6.35. The summed E-state index contributed by atoms with van der Waals surface area (Å²) in [5, 5.41) is 3.05. The van der Waals surface area contributed by atoms with Gasteiger partial charge in [-0.3, -0.25) is 0 Å². The van der Waals surface area contributed by atoms with Crippen LogP contribution in [0.15, 0.2) is 35.3 Å². The molecule has 1 aromatic heterocycles. The summed E-state index contributed by atoms with van der Waals surface area (Å²) in [6.07, 6.45) is 1.87. The van der Waals surface area contributed by atoms with Gasteiger partial charge in [0.05, 0.1) is 5.82 Å². The molecular weight excluding hydrogens is 254 g/mol. The molecule has 1 heterocycles. The lowest BCUT2D eigenvalue weighted by atomic mass is 10.2. The van der Waals surface area contributed by atoms with E-state index < -0.39 is 0 Å². The van der Waals surface area contributed by atoms with Crippen molar-refractivity contribution in [3.63, 3.8) is 0 Å². The SMILES string of the molecule is C=C(NC)N(CC)Cc1ccc(Br)nc1. The molecule has 1 aromatic rings. The summed E-state index contributed by atoms with van der Waals surface area (Å²) in [7, 11) is 1.88. The first-order chi connectivity index (χ1) is 7.17. The van der Waals surface area contributed by atoms with Gasteiger partial charge in [0.2, 0.25) is 0 Å². The molecule has 0 spiro atoms. The first kappa shape index (κ1) is 12.0. The van der Waals surface area contributed by atoms with Gasteiger partial charge in [-0.25, -0.2) is 4.98 Å². The van der Waals surface area contributed by atoms with E-state index >= 15 is 0 Å². The summed E-state index contributed by atoms with van der Waals surface area (Å²) in [6, 6.07) is 4.01. The summed E-state index contributed by atoms with van der Waals surface area (Å²) < 4.78 is 0.863. The Labute approximate surface area is 99.3 Å². The van der Waals surface area contributed by atoms with E-state index in [1.165, 1.54) is 5.56 Å². The van der Waals surface area contributed by atoms with Crippen LogP contribution in [0.5, 0.6) is 0 Å². The Kier molecular flexibility index (Phi) is 4.62. The molecule has 0 fully saturated rings. The Bertz CT molecular complexity index is 321. The van der Waals surface area contributed by atoms with Crippen molar-refractivity contribution >= 4 is 15.9 Å². The Morgan fingerprint density at radius 1 is 1.60 bits per heavy atom. The van der Waals surface area contributed by atoms with Crippen molar-refractivity contribution in [3.05, 3.63) is 40.9 Å². The third kappa shape index (κ3) is 3.55. The van der Waals surface area contributed by atoms with E-state index in [0.29, 0.717) is 0 Å². The highest BCUT2D eigenvalue weighted by Gasteiger charge is 2.04. The lowest BCUT2D eigenvalue weighted by Crippen LogP contribution is -2.28. The van der Waals surface area contributed by atoms with Gasteiger partial charge in [0.25, 0.3) is 0 Å². The first-order valence-electron chi connectivity index (χ1n) is 4.89. The van der Waals surface area contributed by atoms with Gasteiger partial charge in [-0.15, -0.1) is 0 Å². The molecule has 1 N–H and O–H groups in total. The fourth-order valence-electron chi connectivity index (χ4n) is 1.28. The van der Waals surface area contributed by atoms with Crippen LogP contribution in [-0.2, 0) is 6.54 Å². The third-order valence-corrected chi connectivity index (χ3v) is 2.68. The molecule has 15 heavy (non-hydrogen) atoms. The van der Waals surface area contributed by atoms with Crippen LogP contribution in [0.3, 0.4) is 0 Å². The van der Waals surface area contributed by atoms with Crippen molar-refractivity contribution in [3.8, 4) is 0 Å². The molecule has 0 saturated carbocycles. The van der Waals surface area contributed by atoms with Crippen LogP contribution in [0.2, 0.25) is 0 Å². The molecular formula is C11H16BrN3. The van der Waals surface area contributed by atoms with Crippen LogP contribution in [0.1, 0.15) is 12.5 Å². The van der Waals surface area contributed by atoms with Gasteiger partial charge in [-0.2, -0.15) is 0 Å². The topological polar surface area (TPSA) is 28.2 Å². The van der Waals surface area contributed by atoms with Gasteiger partial charge in [0.1, 0.15) is 4.60 Å². The molecule has 4 heteroatoms. The summed E-state index contributed by atoms with van der Waals surface area (Å²) in [5.41, 5.74) is 1.18. The first-order valence-corrected chi connectivity index (χ1v) is 5.68. The fraction of sp³-hybridized carbons (Fsp3) is 0.364. The van der Waals surface area contributed by atoms with E-state index in [2.05, 4.69) is 50.7 Å². The van der Waals surface area contributed by atoms with Crippen molar-refractivity contribution in [1.29, 1.82) is 0 Å². The van der Waals surface area contributed by atoms with Crippen molar-refractivity contribution in [2.45, 2.75) is 13.5 Å². The predicted molar refractivity (Wildman–Crippen MR) is 66.2 cm³/mol. The zero-order valence-corrected chi connectivity index (χ0v) is 10.7. The van der Waals surface area contributed by atoms with E-state index in [1.807, 2.05) is 19.3 Å². The number of rotatable bonds is 5. The van der Waals surface area contributed by atoms with E-state index in [4.69, 9.17) is 0 Å². The Morgan fingerprint density at radius 2 is 2.33 bits per heavy atom. The van der Waals surface area contributed by atoms with Gasteiger partial charge in [-0.05, 0) is 34.5 Å². The highest BCUT2D eigenvalue weighted by atomic mass is 79.9. The number of hydrogen-bond acceptors (Lipinski definition) is 3. The standard InChI is InChI=1S/C11H16BrN3/c1-4-15(9(2)13-3)8-10-5-6-11(12)14-7-10/h5-7,13H,2,4,8H2,1,3H3. The smallest absolute Gasteiger partial charge is 0.106 e. The average molecular weight is 270 g/mol. The van der Waals surface area contributed by atoms with Gasteiger partial charge >= 0.3 is 0 Å². The lowest BCUT2D eigenvalue weighted by Gasteiger charge is -2.24. The Hall–Kier alpha value is -1.03. The van der Waals surface area contributed by atoms with Crippen LogP contribution >= 0.6 is 15.9 Å². The summed E-state index contributed by atoms with van der Waals surface area (Å²) in [6.45, 7) is 7.81. The molecule has 0 saturated heterocycles. The monoisotopic (exact) mass is 269 g/mol. The second kappa shape index (κ2) is 5.75. The Morgan fingerprint density at radius 3 is 2.80 bits per heavy atom. The number of halogens is 1. The fourth-order valence-corrected chi connectivity index (χ4v) is 1.51. The highest BCUT2D eigenvalue weighted by Crippen LogP contribution is 2.10. The van der Waals surface area contributed by atoms with E-state index in [0.717, 1.165) is 23.5 Å². The van der Waals surface area contributed by atoms with E-state index in [9.17, 15) is 0 Å². The van der Waals surface area contributed by atoms with Crippen molar-refractivity contribution in [1.82, 2.24) is 15.2 Å². The molecule has 0 aromatic carbocycles. The third-order valence-electron chi connectivity index (χ3n) is 2.21. The summed E-state index contributed by atoms with van der Waals surface area (Å²) >= 11 is 3.32. The normalized spacial score (nSPS) is 9.80.